The first-order valence-corrected chi connectivity index (χ1v) is 6.66. The summed E-state index contributed by atoms with van der Waals surface area (Å²) in [5.74, 6) is 1.10. The van der Waals surface area contributed by atoms with E-state index in [0.29, 0.717) is 18.1 Å². The number of aryl methyl sites for hydroxylation is 1. The van der Waals surface area contributed by atoms with E-state index in [2.05, 4.69) is 15.1 Å². The second-order valence-corrected chi connectivity index (χ2v) is 4.57. The maximum atomic E-state index is 8.77. The fraction of sp³-hybridized carbons (Fsp3) is 0.267. The van der Waals surface area contributed by atoms with Gasteiger partial charge in [0.2, 0.25) is 11.7 Å². The molecule has 0 aliphatic heterocycles. The van der Waals surface area contributed by atoms with Gasteiger partial charge in [0.05, 0.1) is 0 Å². The molecule has 2 aromatic heterocycles. The Hall–Kier alpha value is -2.27. The quantitative estimate of drug-likeness (QED) is 0.721. The zero-order valence-corrected chi connectivity index (χ0v) is 11.0. The van der Waals surface area contributed by atoms with E-state index in [1.165, 1.54) is 0 Å². The van der Waals surface area contributed by atoms with Crippen LogP contribution in [0.4, 0.5) is 0 Å². The smallest absolute Gasteiger partial charge is 0.227 e. The largest absolute Gasteiger partial charge is 0.396 e. The van der Waals surface area contributed by atoms with E-state index in [4.69, 9.17) is 9.63 Å². The van der Waals surface area contributed by atoms with Gasteiger partial charge in [-0.2, -0.15) is 4.98 Å². The Morgan fingerprint density at radius 2 is 2.00 bits per heavy atom. The standard InChI is InChI=1S/C15H15N3O2/c19-10-4-3-7-13-17-15(18-20-13)14-12-6-2-1-5-11(12)8-9-16-14/h1-2,5-6,8-9,19H,3-4,7,10H2. The Morgan fingerprint density at radius 3 is 2.90 bits per heavy atom. The van der Waals surface area contributed by atoms with Crippen molar-refractivity contribution in [3.63, 3.8) is 0 Å². The molecule has 20 heavy (non-hydrogen) atoms. The Balaban J connectivity index is 1.91. The number of hydrogen-bond acceptors (Lipinski definition) is 5. The van der Waals surface area contributed by atoms with E-state index >= 15 is 0 Å². The molecule has 3 aromatic rings. The van der Waals surface area contributed by atoms with Crippen LogP contribution in [0.3, 0.4) is 0 Å². The molecule has 3 rings (SSSR count). The highest BCUT2D eigenvalue weighted by Crippen LogP contribution is 2.24. The SMILES string of the molecule is OCCCCc1nc(-c2nccc3ccccc23)no1. The predicted molar refractivity (Wildman–Crippen MR) is 75.1 cm³/mol. The first-order chi connectivity index (χ1) is 9.88. The van der Waals surface area contributed by atoms with Crippen molar-refractivity contribution in [2.45, 2.75) is 19.3 Å². The molecule has 0 fully saturated rings. The maximum Gasteiger partial charge on any atom is 0.227 e. The molecule has 0 aliphatic rings. The minimum atomic E-state index is 0.186. The van der Waals surface area contributed by atoms with Gasteiger partial charge in [-0.05, 0) is 24.3 Å². The van der Waals surface area contributed by atoms with Crippen LogP contribution in [0.1, 0.15) is 18.7 Å². The van der Waals surface area contributed by atoms with E-state index < -0.39 is 0 Å². The van der Waals surface area contributed by atoms with Crippen molar-refractivity contribution in [1.82, 2.24) is 15.1 Å². The van der Waals surface area contributed by atoms with E-state index in [0.717, 1.165) is 29.3 Å². The summed E-state index contributed by atoms with van der Waals surface area (Å²) in [6.45, 7) is 0.186. The van der Waals surface area contributed by atoms with Crippen molar-refractivity contribution in [1.29, 1.82) is 0 Å². The van der Waals surface area contributed by atoms with Gasteiger partial charge in [0, 0.05) is 24.6 Å². The first-order valence-electron chi connectivity index (χ1n) is 6.66. The zero-order chi connectivity index (χ0) is 13.8. The van der Waals surface area contributed by atoms with Crippen molar-refractivity contribution in [2.75, 3.05) is 6.61 Å². The highest BCUT2D eigenvalue weighted by Gasteiger charge is 2.12. The van der Waals surface area contributed by atoms with Crippen LogP contribution in [0, 0.1) is 0 Å². The monoisotopic (exact) mass is 269 g/mol. The average Bonchev–Trinajstić information content (AvgIpc) is 2.96. The highest BCUT2D eigenvalue weighted by atomic mass is 16.5. The third-order valence-electron chi connectivity index (χ3n) is 3.15. The van der Waals surface area contributed by atoms with Crippen LogP contribution in [0.2, 0.25) is 0 Å². The number of rotatable bonds is 5. The number of aliphatic hydroxyl groups is 1. The Labute approximate surface area is 116 Å². The van der Waals surface area contributed by atoms with Gasteiger partial charge in [-0.15, -0.1) is 0 Å². The third kappa shape index (κ3) is 2.53. The van der Waals surface area contributed by atoms with Crippen LogP contribution in [-0.4, -0.2) is 26.8 Å². The highest BCUT2D eigenvalue weighted by molar-refractivity contribution is 5.92. The third-order valence-corrected chi connectivity index (χ3v) is 3.15. The first kappa shape index (κ1) is 12.7. The molecule has 102 valence electrons. The second kappa shape index (κ2) is 5.79. The molecule has 0 spiro atoms. The number of pyridine rings is 1. The Morgan fingerprint density at radius 1 is 1.10 bits per heavy atom. The molecule has 0 saturated carbocycles. The van der Waals surface area contributed by atoms with Gasteiger partial charge in [0.1, 0.15) is 5.69 Å². The topological polar surface area (TPSA) is 72.0 Å². The normalized spacial score (nSPS) is 11.1. The fourth-order valence-corrected chi connectivity index (χ4v) is 2.14. The summed E-state index contributed by atoms with van der Waals surface area (Å²) in [5.41, 5.74) is 0.736. The number of benzene rings is 1. The zero-order valence-electron chi connectivity index (χ0n) is 11.0. The number of nitrogens with zero attached hydrogens (tertiary/aromatic N) is 3. The van der Waals surface area contributed by atoms with Gasteiger partial charge in [-0.25, -0.2) is 0 Å². The van der Waals surface area contributed by atoms with Crippen molar-refractivity contribution in [2.24, 2.45) is 0 Å². The maximum absolute atomic E-state index is 8.77. The minimum absolute atomic E-state index is 0.186. The van der Waals surface area contributed by atoms with Gasteiger partial charge < -0.3 is 9.63 Å². The summed E-state index contributed by atoms with van der Waals surface area (Å²) < 4.78 is 5.23. The predicted octanol–water partition coefficient (Wildman–Crippen LogP) is 2.60. The average molecular weight is 269 g/mol. The summed E-state index contributed by atoms with van der Waals surface area (Å²) in [4.78, 5) is 8.74. The molecule has 0 atom stereocenters. The fourth-order valence-electron chi connectivity index (χ4n) is 2.14. The Kier molecular flexibility index (Phi) is 3.69. The summed E-state index contributed by atoms with van der Waals surface area (Å²) in [6.07, 6.45) is 4.00. The number of hydrogen-bond donors (Lipinski definition) is 1. The van der Waals surface area contributed by atoms with Crippen LogP contribution in [-0.2, 0) is 6.42 Å². The van der Waals surface area contributed by atoms with Gasteiger partial charge in [-0.1, -0.05) is 29.4 Å². The molecule has 1 aromatic carbocycles. The van der Waals surface area contributed by atoms with Crippen LogP contribution in [0.25, 0.3) is 22.3 Å². The molecular weight excluding hydrogens is 254 g/mol. The molecule has 1 N–H and O–H groups in total. The Bertz CT molecular complexity index is 704. The molecular formula is C15H15N3O2. The van der Waals surface area contributed by atoms with Crippen molar-refractivity contribution >= 4 is 10.8 Å². The second-order valence-electron chi connectivity index (χ2n) is 4.57. The lowest BCUT2D eigenvalue weighted by Crippen LogP contribution is -1.90. The molecule has 0 unspecified atom stereocenters. The number of fused-ring (bicyclic) bond motifs is 1. The van der Waals surface area contributed by atoms with Crippen molar-refractivity contribution in [3.05, 3.63) is 42.4 Å². The lowest BCUT2D eigenvalue weighted by molar-refractivity contribution is 0.281. The van der Waals surface area contributed by atoms with Crippen LogP contribution in [0.5, 0.6) is 0 Å². The van der Waals surface area contributed by atoms with Gasteiger partial charge in [0.15, 0.2) is 0 Å². The summed E-state index contributed by atoms with van der Waals surface area (Å²) in [7, 11) is 0. The van der Waals surface area contributed by atoms with Gasteiger partial charge >= 0.3 is 0 Å². The molecule has 5 nitrogen and oxygen atoms in total. The van der Waals surface area contributed by atoms with Crippen LogP contribution in [0.15, 0.2) is 41.1 Å². The number of aromatic nitrogens is 3. The summed E-state index contributed by atoms with van der Waals surface area (Å²) >= 11 is 0. The number of aliphatic hydroxyl groups excluding tert-OH is 1. The molecule has 0 bridgehead atoms. The lowest BCUT2D eigenvalue weighted by atomic mass is 10.1. The van der Waals surface area contributed by atoms with Crippen molar-refractivity contribution in [3.8, 4) is 11.5 Å². The summed E-state index contributed by atoms with van der Waals surface area (Å²) in [5, 5.41) is 14.9. The molecule has 0 amide bonds. The van der Waals surface area contributed by atoms with E-state index in [9.17, 15) is 0 Å². The van der Waals surface area contributed by atoms with Gasteiger partial charge in [-0.3, -0.25) is 4.98 Å². The molecule has 0 saturated heterocycles. The molecule has 0 aliphatic carbocycles. The number of unbranched alkanes of at least 4 members (excludes halogenated alkanes) is 1. The van der Waals surface area contributed by atoms with Gasteiger partial charge in [0.25, 0.3) is 0 Å². The van der Waals surface area contributed by atoms with Crippen LogP contribution < -0.4 is 0 Å². The van der Waals surface area contributed by atoms with E-state index in [1.807, 2.05) is 30.3 Å². The molecule has 2 heterocycles. The van der Waals surface area contributed by atoms with Crippen molar-refractivity contribution < 1.29 is 9.63 Å². The minimum Gasteiger partial charge on any atom is -0.396 e. The lowest BCUT2D eigenvalue weighted by Gasteiger charge is -2.00. The van der Waals surface area contributed by atoms with Crippen LogP contribution >= 0.6 is 0 Å². The van der Waals surface area contributed by atoms with E-state index in [-0.39, 0.29) is 6.61 Å². The molecule has 0 radical (unpaired) electrons. The van der Waals surface area contributed by atoms with E-state index in [1.54, 1.807) is 6.20 Å². The summed E-state index contributed by atoms with van der Waals surface area (Å²) in [6, 6.07) is 9.95. The molecule has 5 heteroatoms.